The normalized spacial score (nSPS) is 12.7. The standard InChI is InChI=1S/C43H39N3O5S2/c47-40(44-26-30-9-3-1-4-10-30)37(25-34-27-53-39-14-8-7-13-35(34)39)45-41(48)36(23-28-15-19-32(20-16-28)31-11-5-2-6-12-31)46-42(49)38(52)24-29-17-21-33(22-18-29)43(50)51/h1-22,27,36-38,52H,23-26H2,(H,44,47)(H,45,48)(H,46,49)(H,50,51)/t36-,37-,38?/m0/s1. The molecule has 0 radical (unpaired) electrons. The molecular weight excluding hydrogens is 703 g/mol. The van der Waals surface area contributed by atoms with E-state index in [-0.39, 0.29) is 30.7 Å². The van der Waals surface area contributed by atoms with Crippen molar-refractivity contribution in [3.8, 4) is 11.1 Å². The Hall–Kier alpha value is -5.71. The SMILES string of the molecule is O=C(O)c1ccc(CC(S)C(=O)N[C@@H](Cc2ccc(-c3ccccc3)cc2)C(=O)N[C@@H](Cc2csc3ccccc23)C(=O)NCc2ccccc2)cc1. The topological polar surface area (TPSA) is 125 Å². The first kappa shape index (κ1) is 37.1. The Balaban J connectivity index is 1.23. The molecule has 0 fully saturated rings. The number of carboxylic acid groups (broad SMARTS) is 1. The van der Waals surface area contributed by atoms with Crippen molar-refractivity contribution in [2.45, 2.75) is 43.1 Å². The summed E-state index contributed by atoms with van der Waals surface area (Å²) in [6.07, 6.45) is 0.634. The summed E-state index contributed by atoms with van der Waals surface area (Å²) in [5, 5.41) is 20.3. The van der Waals surface area contributed by atoms with Crippen LogP contribution in [-0.4, -0.2) is 46.1 Å². The molecule has 10 heteroatoms. The number of thiophene rings is 1. The summed E-state index contributed by atoms with van der Waals surface area (Å²) >= 11 is 6.14. The molecule has 0 saturated heterocycles. The van der Waals surface area contributed by atoms with E-state index in [1.54, 1.807) is 23.5 Å². The van der Waals surface area contributed by atoms with E-state index in [1.165, 1.54) is 12.1 Å². The third-order valence-electron chi connectivity index (χ3n) is 8.99. The monoisotopic (exact) mass is 741 g/mol. The number of carbonyl (C=O) groups excluding carboxylic acids is 3. The molecular formula is C43H39N3O5S2. The van der Waals surface area contributed by atoms with Crippen molar-refractivity contribution in [1.29, 1.82) is 0 Å². The van der Waals surface area contributed by atoms with Gasteiger partial charge >= 0.3 is 5.97 Å². The molecule has 0 spiro atoms. The Morgan fingerprint density at radius 3 is 1.85 bits per heavy atom. The van der Waals surface area contributed by atoms with E-state index in [9.17, 15) is 24.3 Å². The number of nitrogens with one attached hydrogen (secondary N) is 3. The van der Waals surface area contributed by atoms with Gasteiger partial charge in [-0.3, -0.25) is 14.4 Å². The van der Waals surface area contributed by atoms with E-state index >= 15 is 0 Å². The predicted molar refractivity (Wildman–Crippen MR) is 213 cm³/mol. The van der Waals surface area contributed by atoms with E-state index in [4.69, 9.17) is 0 Å². The van der Waals surface area contributed by atoms with Gasteiger partial charge in [0, 0.05) is 24.1 Å². The number of thiol groups is 1. The maximum absolute atomic E-state index is 14.3. The van der Waals surface area contributed by atoms with Gasteiger partial charge < -0.3 is 21.1 Å². The van der Waals surface area contributed by atoms with Crippen molar-refractivity contribution in [3.05, 3.63) is 167 Å². The van der Waals surface area contributed by atoms with Crippen molar-refractivity contribution >= 4 is 57.7 Å². The molecule has 5 aromatic carbocycles. The third kappa shape index (κ3) is 10.0. The van der Waals surface area contributed by atoms with Crippen LogP contribution >= 0.6 is 24.0 Å². The van der Waals surface area contributed by atoms with Gasteiger partial charge in [0.2, 0.25) is 17.7 Å². The Morgan fingerprint density at radius 1 is 0.585 bits per heavy atom. The number of rotatable bonds is 15. The van der Waals surface area contributed by atoms with Crippen LogP contribution in [0.15, 0.2) is 139 Å². The lowest BCUT2D eigenvalue weighted by atomic mass is 9.99. The number of carbonyl (C=O) groups is 4. The second-order valence-corrected chi connectivity index (χ2v) is 14.3. The highest BCUT2D eigenvalue weighted by Gasteiger charge is 2.29. The molecule has 53 heavy (non-hydrogen) atoms. The van der Waals surface area contributed by atoms with Gasteiger partial charge in [0.15, 0.2) is 0 Å². The number of aromatic carboxylic acids is 1. The highest BCUT2D eigenvalue weighted by molar-refractivity contribution is 7.81. The number of amides is 3. The van der Waals surface area contributed by atoms with Gasteiger partial charge in [-0.05, 0) is 68.8 Å². The molecule has 0 saturated carbocycles. The summed E-state index contributed by atoms with van der Waals surface area (Å²) in [6.45, 7) is 0.291. The predicted octanol–water partition coefficient (Wildman–Crippen LogP) is 6.88. The van der Waals surface area contributed by atoms with Crippen LogP contribution in [0.2, 0.25) is 0 Å². The largest absolute Gasteiger partial charge is 0.478 e. The highest BCUT2D eigenvalue weighted by atomic mass is 32.1. The summed E-state index contributed by atoms with van der Waals surface area (Å²) in [5.41, 5.74) is 5.62. The second kappa shape index (κ2) is 17.7. The summed E-state index contributed by atoms with van der Waals surface area (Å²) in [7, 11) is 0. The second-order valence-electron chi connectivity index (χ2n) is 12.8. The molecule has 8 nitrogen and oxygen atoms in total. The molecule has 4 N–H and O–H groups in total. The zero-order valence-electron chi connectivity index (χ0n) is 28.8. The van der Waals surface area contributed by atoms with Gasteiger partial charge in [0.1, 0.15) is 12.1 Å². The van der Waals surface area contributed by atoms with Gasteiger partial charge in [-0.15, -0.1) is 11.3 Å². The minimum absolute atomic E-state index is 0.141. The number of fused-ring (bicyclic) bond motifs is 1. The minimum Gasteiger partial charge on any atom is -0.478 e. The molecule has 0 aliphatic heterocycles. The van der Waals surface area contributed by atoms with Crippen LogP contribution in [0.3, 0.4) is 0 Å². The Morgan fingerprint density at radius 2 is 1.15 bits per heavy atom. The van der Waals surface area contributed by atoms with Crippen molar-refractivity contribution in [3.63, 3.8) is 0 Å². The van der Waals surface area contributed by atoms with E-state index < -0.39 is 35.1 Å². The van der Waals surface area contributed by atoms with Crippen molar-refractivity contribution in [2.24, 2.45) is 0 Å². The Labute approximate surface area is 317 Å². The average molecular weight is 742 g/mol. The van der Waals surface area contributed by atoms with Gasteiger partial charge in [-0.25, -0.2) is 4.79 Å². The maximum Gasteiger partial charge on any atom is 0.335 e. The van der Waals surface area contributed by atoms with Crippen LogP contribution < -0.4 is 16.0 Å². The molecule has 0 aliphatic carbocycles. The summed E-state index contributed by atoms with van der Waals surface area (Å²) in [5.74, 6) is -2.35. The fraction of sp³-hybridized carbons (Fsp3) is 0.163. The summed E-state index contributed by atoms with van der Waals surface area (Å²) < 4.78 is 1.08. The van der Waals surface area contributed by atoms with E-state index in [0.717, 1.165) is 43.5 Å². The first-order valence-electron chi connectivity index (χ1n) is 17.3. The molecule has 1 unspecified atom stereocenters. The van der Waals surface area contributed by atoms with Gasteiger partial charge in [-0.2, -0.15) is 12.6 Å². The lowest BCUT2D eigenvalue weighted by molar-refractivity contribution is -0.132. The van der Waals surface area contributed by atoms with Crippen molar-refractivity contribution in [1.82, 2.24) is 16.0 Å². The average Bonchev–Trinajstić information content (AvgIpc) is 3.60. The Bertz CT molecular complexity index is 2170. The Kier molecular flexibility index (Phi) is 12.4. The smallest absolute Gasteiger partial charge is 0.335 e. The van der Waals surface area contributed by atoms with Crippen molar-refractivity contribution in [2.75, 3.05) is 0 Å². The summed E-state index contributed by atoms with van der Waals surface area (Å²) in [6, 6.07) is 39.5. The lowest BCUT2D eigenvalue weighted by Gasteiger charge is -2.24. The van der Waals surface area contributed by atoms with Crippen LogP contribution in [0.25, 0.3) is 21.2 Å². The third-order valence-corrected chi connectivity index (χ3v) is 10.4. The maximum atomic E-state index is 14.3. The molecule has 6 aromatic rings. The summed E-state index contributed by atoms with van der Waals surface area (Å²) in [4.78, 5) is 53.0. The van der Waals surface area contributed by atoms with E-state index in [1.807, 2.05) is 115 Å². The van der Waals surface area contributed by atoms with Gasteiger partial charge in [-0.1, -0.05) is 115 Å². The van der Waals surface area contributed by atoms with Gasteiger partial charge in [0.25, 0.3) is 0 Å². The minimum atomic E-state index is -1.04. The van der Waals surface area contributed by atoms with Crippen molar-refractivity contribution < 1.29 is 24.3 Å². The number of carboxylic acids is 1. The highest BCUT2D eigenvalue weighted by Crippen LogP contribution is 2.27. The number of benzene rings is 5. The molecule has 0 aliphatic rings. The van der Waals surface area contributed by atoms with E-state index in [2.05, 4.69) is 28.6 Å². The quantitative estimate of drug-likeness (QED) is 0.0735. The van der Waals surface area contributed by atoms with Crippen LogP contribution in [-0.2, 0) is 40.2 Å². The molecule has 3 amide bonds. The molecule has 6 rings (SSSR count). The van der Waals surface area contributed by atoms with Crippen LogP contribution in [0, 0.1) is 0 Å². The molecule has 1 aromatic heterocycles. The van der Waals surface area contributed by atoms with E-state index in [0.29, 0.717) is 6.54 Å². The lowest BCUT2D eigenvalue weighted by Crippen LogP contribution is -2.56. The number of hydrogen-bond acceptors (Lipinski definition) is 6. The van der Waals surface area contributed by atoms with Gasteiger partial charge in [0.05, 0.1) is 10.8 Å². The molecule has 268 valence electrons. The van der Waals surface area contributed by atoms with Crippen LogP contribution in [0.5, 0.6) is 0 Å². The molecule has 3 atom stereocenters. The zero-order valence-corrected chi connectivity index (χ0v) is 30.5. The first-order chi connectivity index (χ1) is 25.7. The fourth-order valence-electron chi connectivity index (χ4n) is 6.08. The van der Waals surface area contributed by atoms with Crippen LogP contribution in [0.1, 0.15) is 32.6 Å². The molecule has 0 bridgehead atoms. The first-order valence-corrected chi connectivity index (χ1v) is 18.7. The number of hydrogen-bond donors (Lipinski definition) is 5. The van der Waals surface area contributed by atoms with Crippen LogP contribution in [0.4, 0.5) is 0 Å². The zero-order chi connectivity index (χ0) is 37.2. The fourth-order valence-corrected chi connectivity index (χ4v) is 7.34. The molecule has 1 heterocycles.